The van der Waals surface area contributed by atoms with Gasteiger partial charge in [-0.3, -0.25) is 9.48 Å². The van der Waals surface area contributed by atoms with Crippen LogP contribution in [0.4, 0.5) is 0 Å². The first kappa shape index (κ1) is 8.27. The van der Waals surface area contributed by atoms with Gasteiger partial charge in [0.05, 0.1) is 12.1 Å². The third kappa shape index (κ3) is 1.32. The molecule has 0 aromatic carbocycles. The number of nitrogens with one attached hydrogen (secondary N) is 1. The van der Waals surface area contributed by atoms with Crippen molar-refractivity contribution in [3.05, 3.63) is 11.8 Å². The molecular weight excluding hydrogens is 173 g/mol. The van der Waals surface area contributed by atoms with Crippen LogP contribution in [-0.2, 0) is 6.54 Å². The van der Waals surface area contributed by atoms with Gasteiger partial charge >= 0.3 is 7.12 Å². The molecule has 13 heavy (non-hydrogen) atoms. The molecule has 2 heterocycles. The Labute approximate surface area is 74.3 Å². The monoisotopic (exact) mass is 181 g/mol. The largest absolute Gasteiger partial charge is 0.510 e. The molecule has 7 heteroatoms. The number of hydrogen-bond donors (Lipinski definition) is 3. The van der Waals surface area contributed by atoms with Gasteiger partial charge < -0.3 is 15.4 Å². The van der Waals surface area contributed by atoms with E-state index in [9.17, 15) is 4.79 Å². The zero-order valence-corrected chi connectivity index (χ0v) is 6.77. The molecule has 0 saturated heterocycles. The lowest BCUT2D eigenvalue weighted by Gasteiger charge is -2.13. The first-order valence-corrected chi connectivity index (χ1v) is 3.90. The van der Waals surface area contributed by atoms with Crippen LogP contribution >= 0.6 is 0 Å². The zero-order chi connectivity index (χ0) is 9.42. The molecule has 0 spiro atoms. The molecule has 0 atom stereocenters. The van der Waals surface area contributed by atoms with Crippen LogP contribution in [0, 0.1) is 0 Å². The molecular formula is C6H8BN3O3. The summed E-state index contributed by atoms with van der Waals surface area (Å²) in [6.07, 6.45) is 0. The lowest BCUT2D eigenvalue weighted by atomic mass is 9.86. The maximum Gasteiger partial charge on any atom is 0.510 e. The standard InChI is InChI=1S/C6H8BN3O3/c11-6-4-3-5(7(12)13)9-10(4)2-1-8-6/h3,12-13H,1-2H2,(H,8,11). The molecule has 1 aliphatic heterocycles. The molecule has 0 unspecified atom stereocenters. The minimum Gasteiger partial charge on any atom is -0.422 e. The topological polar surface area (TPSA) is 87.4 Å². The van der Waals surface area contributed by atoms with E-state index in [2.05, 4.69) is 10.4 Å². The van der Waals surface area contributed by atoms with Gasteiger partial charge in [0.15, 0.2) is 0 Å². The summed E-state index contributed by atoms with van der Waals surface area (Å²) in [4.78, 5) is 11.2. The highest BCUT2D eigenvalue weighted by atomic mass is 16.4. The van der Waals surface area contributed by atoms with Crippen molar-refractivity contribution < 1.29 is 14.8 Å². The first-order valence-electron chi connectivity index (χ1n) is 3.90. The molecule has 1 aromatic rings. The second-order valence-electron chi connectivity index (χ2n) is 2.81. The van der Waals surface area contributed by atoms with E-state index < -0.39 is 7.12 Å². The van der Waals surface area contributed by atoms with Crippen molar-refractivity contribution in [3.8, 4) is 0 Å². The quantitative estimate of drug-likeness (QED) is 0.411. The Hall–Kier alpha value is -1.34. The molecule has 0 bridgehead atoms. The highest BCUT2D eigenvalue weighted by Gasteiger charge is 2.23. The number of aromatic nitrogens is 2. The molecule has 6 nitrogen and oxygen atoms in total. The van der Waals surface area contributed by atoms with E-state index in [0.717, 1.165) is 0 Å². The summed E-state index contributed by atoms with van der Waals surface area (Å²) in [5.74, 6) is -0.231. The number of fused-ring (bicyclic) bond motifs is 1. The summed E-state index contributed by atoms with van der Waals surface area (Å²) < 4.78 is 1.47. The SMILES string of the molecule is O=C1NCCn2nc(B(O)O)cc21. The number of nitrogens with zero attached hydrogens (tertiary/aromatic N) is 2. The van der Waals surface area contributed by atoms with Crippen LogP contribution in [-0.4, -0.2) is 39.4 Å². The van der Waals surface area contributed by atoms with Crippen molar-refractivity contribution in [2.75, 3.05) is 6.54 Å². The molecule has 0 aliphatic carbocycles. The summed E-state index contributed by atoms with van der Waals surface area (Å²) >= 11 is 0. The van der Waals surface area contributed by atoms with E-state index in [4.69, 9.17) is 10.0 Å². The average Bonchev–Trinajstić information content (AvgIpc) is 2.49. The van der Waals surface area contributed by atoms with E-state index in [-0.39, 0.29) is 11.5 Å². The van der Waals surface area contributed by atoms with Gasteiger partial charge in [-0.15, -0.1) is 0 Å². The Balaban J connectivity index is 2.42. The average molecular weight is 181 g/mol. The van der Waals surface area contributed by atoms with Gasteiger partial charge in [-0.25, -0.2) is 0 Å². The van der Waals surface area contributed by atoms with Crippen molar-refractivity contribution in [3.63, 3.8) is 0 Å². The van der Waals surface area contributed by atoms with Gasteiger partial charge in [0.1, 0.15) is 5.69 Å². The number of carbonyl (C=O) groups excluding carboxylic acids is 1. The predicted octanol–water partition coefficient (Wildman–Crippen LogP) is -2.69. The van der Waals surface area contributed by atoms with Crippen molar-refractivity contribution >= 4 is 18.6 Å². The second kappa shape index (κ2) is 2.86. The Bertz CT molecular complexity index is 349. The van der Waals surface area contributed by atoms with E-state index in [1.165, 1.54) is 10.7 Å². The summed E-state index contributed by atoms with van der Waals surface area (Å²) in [6, 6.07) is 1.37. The Morgan fingerprint density at radius 1 is 1.62 bits per heavy atom. The van der Waals surface area contributed by atoms with Crippen molar-refractivity contribution in [1.82, 2.24) is 15.1 Å². The minimum atomic E-state index is -1.62. The van der Waals surface area contributed by atoms with Gasteiger partial charge in [-0.05, 0) is 6.07 Å². The van der Waals surface area contributed by atoms with Crippen molar-refractivity contribution in [2.45, 2.75) is 6.54 Å². The number of hydrogen-bond acceptors (Lipinski definition) is 4. The van der Waals surface area contributed by atoms with Gasteiger partial charge in [0.2, 0.25) is 0 Å². The van der Waals surface area contributed by atoms with Crippen LogP contribution in [0.5, 0.6) is 0 Å². The van der Waals surface area contributed by atoms with Crippen LogP contribution in [0.2, 0.25) is 0 Å². The Morgan fingerprint density at radius 3 is 3.00 bits per heavy atom. The molecule has 3 N–H and O–H groups in total. The van der Waals surface area contributed by atoms with Crippen LogP contribution < -0.4 is 10.9 Å². The Morgan fingerprint density at radius 2 is 2.38 bits per heavy atom. The summed E-state index contributed by atoms with van der Waals surface area (Å²) in [6.45, 7) is 1.09. The second-order valence-corrected chi connectivity index (χ2v) is 2.81. The fourth-order valence-electron chi connectivity index (χ4n) is 1.28. The molecule has 1 aliphatic rings. The van der Waals surface area contributed by atoms with E-state index in [1.54, 1.807) is 0 Å². The molecule has 68 valence electrons. The van der Waals surface area contributed by atoms with Crippen molar-refractivity contribution in [2.24, 2.45) is 0 Å². The highest BCUT2D eigenvalue weighted by molar-refractivity contribution is 6.57. The molecule has 1 amide bonds. The van der Waals surface area contributed by atoms with Crippen LogP contribution in [0.3, 0.4) is 0 Å². The smallest absolute Gasteiger partial charge is 0.422 e. The maximum absolute atomic E-state index is 11.2. The van der Waals surface area contributed by atoms with Gasteiger partial charge in [-0.2, -0.15) is 5.10 Å². The van der Waals surface area contributed by atoms with Crippen LogP contribution in [0.25, 0.3) is 0 Å². The minimum absolute atomic E-state index is 0.104. The van der Waals surface area contributed by atoms with Crippen LogP contribution in [0.1, 0.15) is 10.5 Å². The fraction of sp³-hybridized carbons (Fsp3) is 0.333. The lowest BCUT2D eigenvalue weighted by Crippen LogP contribution is -2.35. The lowest BCUT2D eigenvalue weighted by molar-refractivity contribution is 0.0924. The molecule has 0 saturated carbocycles. The molecule has 0 radical (unpaired) electrons. The summed E-state index contributed by atoms with van der Waals surface area (Å²) in [5, 5.41) is 24.1. The highest BCUT2D eigenvalue weighted by Crippen LogP contribution is 2.01. The third-order valence-corrected chi connectivity index (χ3v) is 1.91. The third-order valence-electron chi connectivity index (χ3n) is 1.91. The molecule has 1 aromatic heterocycles. The summed E-state index contributed by atoms with van der Waals surface area (Å²) in [5.41, 5.74) is 0.474. The van der Waals surface area contributed by atoms with Crippen LogP contribution in [0.15, 0.2) is 6.07 Å². The van der Waals surface area contributed by atoms with Crippen molar-refractivity contribution in [1.29, 1.82) is 0 Å². The number of amides is 1. The summed E-state index contributed by atoms with van der Waals surface area (Å²) in [7, 11) is -1.62. The number of carbonyl (C=O) groups is 1. The predicted molar refractivity (Wildman–Crippen MR) is 44.4 cm³/mol. The first-order chi connectivity index (χ1) is 6.18. The van der Waals surface area contributed by atoms with Gasteiger partial charge in [-0.1, -0.05) is 0 Å². The van der Waals surface area contributed by atoms with Gasteiger partial charge in [0.25, 0.3) is 5.91 Å². The number of rotatable bonds is 1. The fourth-order valence-corrected chi connectivity index (χ4v) is 1.28. The van der Waals surface area contributed by atoms with E-state index >= 15 is 0 Å². The van der Waals surface area contributed by atoms with Gasteiger partial charge in [0, 0.05) is 6.54 Å². The van der Waals surface area contributed by atoms with E-state index in [0.29, 0.717) is 18.8 Å². The normalized spacial score (nSPS) is 15.1. The van der Waals surface area contributed by atoms with E-state index in [1.807, 2.05) is 0 Å². The Kier molecular flexibility index (Phi) is 1.82. The molecule has 0 fully saturated rings. The molecule has 2 rings (SSSR count). The maximum atomic E-state index is 11.2. The zero-order valence-electron chi connectivity index (χ0n) is 6.77.